The van der Waals surface area contributed by atoms with Crippen molar-refractivity contribution in [2.24, 2.45) is 0 Å². The molecule has 8 heteroatoms. The number of nitrogens with zero attached hydrogens (tertiary/aromatic N) is 4. The van der Waals surface area contributed by atoms with Crippen molar-refractivity contribution in [3.63, 3.8) is 0 Å². The summed E-state index contributed by atoms with van der Waals surface area (Å²) in [7, 11) is 0. The topological polar surface area (TPSA) is 51.7 Å². The molecule has 2 saturated heterocycles. The Morgan fingerprint density at radius 3 is 2.50 bits per heavy atom. The molecule has 1 aromatic rings. The zero-order chi connectivity index (χ0) is 18.2. The van der Waals surface area contributed by atoms with Crippen LogP contribution in [0.4, 0.5) is 5.82 Å². The minimum atomic E-state index is 0. The summed E-state index contributed by atoms with van der Waals surface area (Å²) in [6, 6.07) is 6.50. The molecular formula is C20H35Cl2N5O. The van der Waals surface area contributed by atoms with Crippen molar-refractivity contribution in [2.45, 2.75) is 38.6 Å². The van der Waals surface area contributed by atoms with E-state index in [9.17, 15) is 4.79 Å². The number of anilines is 1. The van der Waals surface area contributed by atoms with E-state index in [-0.39, 0.29) is 24.8 Å². The van der Waals surface area contributed by atoms with Gasteiger partial charge < -0.3 is 15.1 Å². The van der Waals surface area contributed by atoms with Gasteiger partial charge in [-0.2, -0.15) is 0 Å². The number of nitrogens with one attached hydrogen (secondary N) is 1. The van der Waals surface area contributed by atoms with Gasteiger partial charge in [0.15, 0.2) is 0 Å². The van der Waals surface area contributed by atoms with Crippen molar-refractivity contribution in [1.29, 1.82) is 0 Å². The van der Waals surface area contributed by atoms with Gasteiger partial charge in [-0.05, 0) is 44.5 Å². The number of hydrogen-bond donors (Lipinski definition) is 1. The summed E-state index contributed by atoms with van der Waals surface area (Å²) in [4.78, 5) is 24.2. The molecule has 2 fully saturated rings. The van der Waals surface area contributed by atoms with Gasteiger partial charge in [0.25, 0.3) is 0 Å². The smallest absolute Gasteiger partial charge is 0.224 e. The minimum absolute atomic E-state index is 0. The van der Waals surface area contributed by atoms with Crippen LogP contribution in [-0.4, -0.2) is 79.1 Å². The third kappa shape index (κ3) is 7.07. The lowest BCUT2D eigenvalue weighted by Crippen LogP contribution is -2.49. The molecule has 2 aliphatic heterocycles. The van der Waals surface area contributed by atoms with Gasteiger partial charge >= 0.3 is 0 Å². The third-order valence-corrected chi connectivity index (χ3v) is 5.52. The molecule has 0 radical (unpaired) electrons. The Morgan fingerprint density at radius 2 is 1.89 bits per heavy atom. The highest BCUT2D eigenvalue weighted by molar-refractivity contribution is 5.85. The van der Waals surface area contributed by atoms with E-state index in [1.807, 2.05) is 18.3 Å². The zero-order valence-electron chi connectivity index (χ0n) is 16.9. The summed E-state index contributed by atoms with van der Waals surface area (Å²) in [5.41, 5.74) is 0. The predicted molar refractivity (Wildman–Crippen MR) is 120 cm³/mol. The zero-order valence-corrected chi connectivity index (χ0v) is 18.5. The fourth-order valence-electron chi connectivity index (χ4n) is 4.01. The molecule has 0 aliphatic carbocycles. The van der Waals surface area contributed by atoms with Gasteiger partial charge in [0.2, 0.25) is 5.91 Å². The van der Waals surface area contributed by atoms with Crippen molar-refractivity contribution in [3.8, 4) is 0 Å². The fourth-order valence-corrected chi connectivity index (χ4v) is 4.01. The molecule has 160 valence electrons. The Kier molecular flexibility index (Phi) is 11.8. The summed E-state index contributed by atoms with van der Waals surface area (Å²) in [5.74, 6) is 1.40. The molecule has 6 nitrogen and oxygen atoms in total. The maximum absolute atomic E-state index is 12.8. The minimum Gasteiger partial charge on any atom is -0.354 e. The van der Waals surface area contributed by atoms with Crippen molar-refractivity contribution in [3.05, 3.63) is 24.4 Å². The molecule has 1 N–H and O–H groups in total. The number of rotatable bonds is 7. The molecular weight excluding hydrogens is 397 g/mol. The lowest BCUT2D eigenvalue weighted by atomic mass is 10.0. The standard InChI is InChI=1S/C20H33N5O.2ClH/c1-2-12-25(18-6-10-21-11-7-18)20(26)8-13-23-14-16-24(17-15-23)19-5-3-4-9-22-19;;/h3-5,9,18,21H,2,6-8,10-17H2,1H3;2*1H. The van der Waals surface area contributed by atoms with Gasteiger partial charge in [-0.15, -0.1) is 24.8 Å². The van der Waals surface area contributed by atoms with Gasteiger partial charge in [0.1, 0.15) is 5.82 Å². The van der Waals surface area contributed by atoms with Crippen LogP contribution >= 0.6 is 24.8 Å². The largest absolute Gasteiger partial charge is 0.354 e. The van der Waals surface area contributed by atoms with Crippen molar-refractivity contribution >= 4 is 36.5 Å². The Hall–Kier alpha value is -1.08. The summed E-state index contributed by atoms with van der Waals surface area (Å²) < 4.78 is 0. The second kappa shape index (κ2) is 13.2. The molecule has 0 bridgehead atoms. The molecule has 28 heavy (non-hydrogen) atoms. The Balaban J connectivity index is 0.00000196. The van der Waals surface area contributed by atoms with Gasteiger partial charge in [0.05, 0.1) is 0 Å². The highest BCUT2D eigenvalue weighted by Crippen LogP contribution is 2.16. The average Bonchev–Trinajstić information content (AvgIpc) is 2.72. The summed E-state index contributed by atoms with van der Waals surface area (Å²) in [6.45, 7) is 9.99. The van der Waals surface area contributed by atoms with Crippen LogP contribution in [0.25, 0.3) is 0 Å². The van der Waals surface area contributed by atoms with Crippen LogP contribution in [0.2, 0.25) is 0 Å². The first-order valence-electron chi connectivity index (χ1n) is 10.2. The third-order valence-electron chi connectivity index (χ3n) is 5.52. The van der Waals surface area contributed by atoms with E-state index in [1.165, 1.54) is 0 Å². The Morgan fingerprint density at radius 1 is 1.18 bits per heavy atom. The maximum Gasteiger partial charge on any atom is 0.224 e. The second-order valence-corrected chi connectivity index (χ2v) is 7.33. The number of carbonyl (C=O) groups is 1. The van der Waals surface area contributed by atoms with Gasteiger partial charge in [-0.25, -0.2) is 4.98 Å². The number of aromatic nitrogens is 1. The average molecular weight is 432 g/mol. The second-order valence-electron chi connectivity index (χ2n) is 7.33. The van der Waals surface area contributed by atoms with Gasteiger partial charge in [-0.1, -0.05) is 13.0 Å². The summed E-state index contributed by atoms with van der Waals surface area (Å²) in [5, 5.41) is 3.40. The first kappa shape index (κ1) is 25.0. The quantitative estimate of drug-likeness (QED) is 0.718. The van der Waals surface area contributed by atoms with E-state index < -0.39 is 0 Å². The number of halogens is 2. The van der Waals surface area contributed by atoms with Gasteiger partial charge in [-0.3, -0.25) is 9.69 Å². The number of carbonyl (C=O) groups excluding carboxylic acids is 1. The number of piperazine rings is 1. The highest BCUT2D eigenvalue weighted by atomic mass is 35.5. The summed E-state index contributed by atoms with van der Waals surface area (Å²) >= 11 is 0. The van der Waals surface area contributed by atoms with Crippen molar-refractivity contribution in [2.75, 3.05) is 57.3 Å². The van der Waals surface area contributed by atoms with E-state index in [4.69, 9.17) is 0 Å². The summed E-state index contributed by atoms with van der Waals surface area (Å²) in [6.07, 6.45) is 5.72. The Bertz CT molecular complexity index is 549. The molecule has 1 amide bonds. The SMILES string of the molecule is CCCN(C(=O)CCN1CCN(c2ccccn2)CC1)C1CCNCC1.Cl.Cl. The molecule has 0 saturated carbocycles. The molecule has 0 spiro atoms. The van der Waals surface area contributed by atoms with E-state index in [1.54, 1.807) is 0 Å². The molecule has 1 aromatic heterocycles. The van der Waals surface area contributed by atoms with Crippen molar-refractivity contribution in [1.82, 2.24) is 20.1 Å². The lowest BCUT2D eigenvalue weighted by molar-refractivity contribution is -0.134. The van der Waals surface area contributed by atoms with Gasteiger partial charge in [0, 0.05) is 57.9 Å². The molecule has 0 atom stereocenters. The molecule has 3 rings (SSSR count). The van der Waals surface area contributed by atoms with E-state index in [2.05, 4.69) is 38.0 Å². The number of amides is 1. The van der Waals surface area contributed by atoms with E-state index in [0.717, 1.165) is 77.4 Å². The maximum atomic E-state index is 12.8. The van der Waals surface area contributed by atoms with E-state index >= 15 is 0 Å². The lowest BCUT2D eigenvalue weighted by Gasteiger charge is -2.37. The van der Waals surface area contributed by atoms with Crippen LogP contribution in [0.1, 0.15) is 32.6 Å². The normalized spacial score (nSPS) is 18.1. The molecule has 3 heterocycles. The van der Waals surface area contributed by atoms with Crippen LogP contribution in [0, 0.1) is 0 Å². The predicted octanol–water partition coefficient (Wildman–Crippen LogP) is 2.43. The van der Waals surface area contributed by atoms with Crippen LogP contribution in [0.5, 0.6) is 0 Å². The number of pyridine rings is 1. The van der Waals surface area contributed by atoms with Crippen LogP contribution in [0.3, 0.4) is 0 Å². The monoisotopic (exact) mass is 431 g/mol. The van der Waals surface area contributed by atoms with E-state index in [0.29, 0.717) is 18.4 Å². The fraction of sp³-hybridized carbons (Fsp3) is 0.700. The number of piperidine rings is 1. The first-order chi connectivity index (χ1) is 12.8. The van der Waals surface area contributed by atoms with Crippen molar-refractivity contribution < 1.29 is 4.79 Å². The first-order valence-corrected chi connectivity index (χ1v) is 10.2. The molecule has 0 aromatic carbocycles. The van der Waals surface area contributed by atoms with Crippen LogP contribution in [0.15, 0.2) is 24.4 Å². The Labute approximate surface area is 181 Å². The van der Waals surface area contributed by atoms with Crippen LogP contribution < -0.4 is 10.2 Å². The molecule has 2 aliphatic rings. The van der Waals surface area contributed by atoms with Crippen LogP contribution in [-0.2, 0) is 4.79 Å². The molecule has 0 unspecified atom stereocenters. The highest BCUT2D eigenvalue weighted by Gasteiger charge is 2.25. The number of hydrogen-bond acceptors (Lipinski definition) is 5.